The number of aromatic nitrogens is 2. The predicted molar refractivity (Wildman–Crippen MR) is 85.9 cm³/mol. The summed E-state index contributed by atoms with van der Waals surface area (Å²) in [6.07, 6.45) is 1.71. The van der Waals surface area contributed by atoms with Crippen LogP contribution in [0.15, 0.2) is 12.3 Å². The van der Waals surface area contributed by atoms with Crippen LogP contribution >= 0.6 is 0 Å². The fraction of sp³-hybridized carbons (Fsp3) is 0.733. The highest BCUT2D eigenvalue weighted by Gasteiger charge is 2.32. The van der Waals surface area contributed by atoms with E-state index in [1.807, 2.05) is 0 Å². The van der Waals surface area contributed by atoms with Gasteiger partial charge in [-0.25, -0.2) is 4.98 Å². The fourth-order valence-electron chi connectivity index (χ4n) is 3.00. The number of nitrogens with one attached hydrogen (secondary N) is 1. The Labute approximate surface area is 136 Å². The van der Waals surface area contributed by atoms with Crippen molar-refractivity contribution in [3.05, 3.63) is 12.3 Å². The van der Waals surface area contributed by atoms with Crippen LogP contribution in [0.3, 0.4) is 0 Å². The largest absolute Gasteiger partial charge is 0.481 e. The van der Waals surface area contributed by atoms with Crippen molar-refractivity contribution >= 4 is 5.95 Å². The van der Waals surface area contributed by atoms with Crippen molar-refractivity contribution in [2.45, 2.75) is 5.60 Å². The van der Waals surface area contributed by atoms with Crippen molar-refractivity contribution in [1.82, 2.24) is 20.2 Å². The zero-order valence-corrected chi connectivity index (χ0v) is 13.6. The summed E-state index contributed by atoms with van der Waals surface area (Å²) in [7, 11) is 1.60. The van der Waals surface area contributed by atoms with Crippen LogP contribution in [0.5, 0.6) is 5.88 Å². The smallest absolute Gasteiger partial charge is 0.228 e. The number of anilines is 1. The first-order chi connectivity index (χ1) is 11.2. The van der Waals surface area contributed by atoms with Gasteiger partial charge >= 0.3 is 0 Å². The molecular formula is C15H25N5O3. The third-order valence-electron chi connectivity index (χ3n) is 4.25. The van der Waals surface area contributed by atoms with Crippen molar-refractivity contribution in [3.63, 3.8) is 0 Å². The summed E-state index contributed by atoms with van der Waals surface area (Å²) < 4.78 is 10.6. The molecule has 1 unspecified atom stereocenters. The van der Waals surface area contributed by atoms with E-state index >= 15 is 0 Å². The lowest BCUT2D eigenvalue weighted by molar-refractivity contribution is -0.0495. The molecule has 3 heterocycles. The number of aliphatic hydroxyl groups is 1. The summed E-state index contributed by atoms with van der Waals surface area (Å²) in [6, 6.07) is 1.74. The van der Waals surface area contributed by atoms with Crippen LogP contribution in [-0.2, 0) is 4.74 Å². The van der Waals surface area contributed by atoms with Crippen LogP contribution in [0.1, 0.15) is 0 Å². The molecule has 1 aromatic rings. The van der Waals surface area contributed by atoms with Gasteiger partial charge in [0.2, 0.25) is 11.8 Å². The van der Waals surface area contributed by atoms with Crippen molar-refractivity contribution in [2.24, 2.45) is 0 Å². The minimum absolute atomic E-state index is 0.388. The first-order valence-electron chi connectivity index (χ1n) is 8.04. The number of nitrogens with zero attached hydrogens (tertiary/aromatic N) is 4. The molecule has 2 saturated heterocycles. The molecule has 8 nitrogen and oxygen atoms in total. The first-order valence-corrected chi connectivity index (χ1v) is 8.04. The summed E-state index contributed by atoms with van der Waals surface area (Å²) >= 11 is 0. The topological polar surface area (TPSA) is 83.0 Å². The van der Waals surface area contributed by atoms with Crippen LogP contribution in [-0.4, -0.2) is 91.7 Å². The van der Waals surface area contributed by atoms with E-state index in [1.165, 1.54) is 0 Å². The Morgan fingerprint density at radius 2 is 2.22 bits per heavy atom. The number of β-amino-alcohol motifs (C(OH)–C–C–N with tert-alkyl or cyclic N) is 1. The Kier molecular flexibility index (Phi) is 5.27. The summed E-state index contributed by atoms with van der Waals surface area (Å²) in [5.41, 5.74) is -0.814. The molecular weight excluding hydrogens is 298 g/mol. The SMILES string of the molecule is COc1ccnc(N2CCN(CC3(O)CNCCOC3)CC2)n1. The summed E-state index contributed by atoms with van der Waals surface area (Å²) in [4.78, 5) is 13.1. The maximum atomic E-state index is 10.7. The molecule has 0 aliphatic carbocycles. The van der Waals surface area contributed by atoms with E-state index in [2.05, 4.69) is 25.1 Å². The Hall–Kier alpha value is -1.48. The Morgan fingerprint density at radius 1 is 1.39 bits per heavy atom. The number of rotatable bonds is 4. The second-order valence-corrected chi connectivity index (χ2v) is 6.12. The molecule has 2 aliphatic rings. The van der Waals surface area contributed by atoms with Crippen LogP contribution < -0.4 is 15.0 Å². The minimum atomic E-state index is -0.814. The second kappa shape index (κ2) is 7.39. The average Bonchev–Trinajstić information content (AvgIpc) is 2.80. The quantitative estimate of drug-likeness (QED) is 0.727. The van der Waals surface area contributed by atoms with Crippen LogP contribution in [0.4, 0.5) is 5.95 Å². The van der Waals surface area contributed by atoms with E-state index in [4.69, 9.17) is 9.47 Å². The summed E-state index contributed by atoms with van der Waals surface area (Å²) in [5, 5.41) is 13.9. The molecule has 2 N–H and O–H groups in total. The maximum absolute atomic E-state index is 10.7. The van der Waals surface area contributed by atoms with Crippen molar-refractivity contribution in [2.75, 3.05) is 71.0 Å². The summed E-state index contributed by atoms with van der Waals surface area (Å²) in [6.45, 7) is 6.42. The highest BCUT2D eigenvalue weighted by molar-refractivity contribution is 5.32. The molecule has 0 bridgehead atoms. The highest BCUT2D eigenvalue weighted by atomic mass is 16.5. The van der Waals surface area contributed by atoms with Gasteiger partial charge in [-0.15, -0.1) is 0 Å². The van der Waals surface area contributed by atoms with E-state index in [9.17, 15) is 5.11 Å². The molecule has 1 atom stereocenters. The van der Waals surface area contributed by atoms with Crippen molar-refractivity contribution in [1.29, 1.82) is 0 Å². The zero-order chi connectivity index (χ0) is 16.1. The summed E-state index contributed by atoms with van der Waals surface area (Å²) in [5.74, 6) is 1.27. The van der Waals surface area contributed by atoms with Gasteiger partial charge < -0.3 is 24.8 Å². The molecule has 8 heteroatoms. The molecule has 128 valence electrons. The van der Waals surface area contributed by atoms with Gasteiger partial charge in [-0.05, 0) is 0 Å². The molecule has 0 saturated carbocycles. The molecule has 2 fully saturated rings. The van der Waals surface area contributed by atoms with Crippen LogP contribution in [0.25, 0.3) is 0 Å². The average molecular weight is 323 g/mol. The standard InChI is InChI=1S/C15H25N5O3/c1-22-13-2-3-17-14(18-13)20-7-5-19(6-8-20)11-15(21)10-16-4-9-23-12-15/h2-3,16,21H,4-12H2,1H3. The molecule has 0 amide bonds. The number of hydrogen-bond acceptors (Lipinski definition) is 8. The van der Waals surface area contributed by atoms with Crippen molar-refractivity contribution in [3.8, 4) is 5.88 Å². The minimum Gasteiger partial charge on any atom is -0.481 e. The lowest BCUT2D eigenvalue weighted by Gasteiger charge is -2.38. The Balaban J connectivity index is 1.53. The van der Waals surface area contributed by atoms with Crippen molar-refractivity contribution < 1.29 is 14.6 Å². The number of hydrogen-bond donors (Lipinski definition) is 2. The van der Waals surface area contributed by atoms with Gasteiger partial charge in [0, 0.05) is 58.1 Å². The normalized spacial score (nSPS) is 26.8. The second-order valence-electron chi connectivity index (χ2n) is 6.12. The monoisotopic (exact) mass is 323 g/mol. The van der Waals surface area contributed by atoms with E-state index in [0.717, 1.165) is 32.7 Å². The van der Waals surface area contributed by atoms with E-state index < -0.39 is 5.60 Å². The third kappa shape index (κ3) is 4.29. The highest BCUT2D eigenvalue weighted by Crippen LogP contribution is 2.16. The van der Waals surface area contributed by atoms with Crippen LogP contribution in [0, 0.1) is 0 Å². The van der Waals surface area contributed by atoms with Gasteiger partial charge in [0.25, 0.3) is 0 Å². The number of piperazine rings is 1. The van der Waals surface area contributed by atoms with E-state index in [-0.39, 0.29) is 0 Å². The van der Waals surface area contributed by atoms with Gasteiger partial charge in [0.15, 0.2) is 0 Å². The van der Waals surface area contributed by atoms with Gasteiger partial charge in [0.1, 0.15) is 5.60 Å². The molecule has 3 rings (SSSR count). The van der Waals surface area contributed by atoms with E-state index in [0.29, 0.717) is 38.1 Å². The third-order valence-corrected chi connectivity index (χ3v) is 4.25. The Bertz CT molecular complexity index is 500. The number of methoxy groups -OCH3 is 1. The first kappa shape index (κ1) is 16.4. The lowest BCUT2D eigenvalue weighted by atomic mass is 10.0. The maximum Gasteiger partial charge on any atom is 0.228 e. The van der Waals surface area contributed by atoms with Gasteiger partial charge in [-0.2, -0.15) is 4.98 Å². The fourth-order valence-corrected chi connectivity index (χ4v) is 3.00. The van der Waals surface area contributed by atoms with Crippen LogP contribution in [0.2, 0.25) is 0 Å². The zero-order valence-electron chi connectivity index (χ0n) is 13.6. The molecule has 2 aliphatic heterocycles. The number of ether oxygens (including phenoxy) is 2. The molecule has 0 aromatic carbocycles. The molecule has 0 spiro atoms. The Morgan fingerprint density at radius 3 is 3.00 bits per heavy atom. The van der Waals surface area contributed by atoms with Gasteiger partial charge in [-0.3, -0.25) is 4.90 Å². The van der Waals surface area contributed by atoms with E-state index in [1.54, 1.807) is 19.4 Å². The van der Waals surface area contributed by atoms with Gasteiger partial charge in [-0.1, -0.05) is 0 Å². The molecule has 0 radical (unpaired) electrons. The molecule has 1 aromatic heterocycles. The predicted octanol–water partition coefficient (Wildman–Crippen LogP) is -1.04. The van der Waals surface area contributed by atoms with Gasteiger partial charge in [0.05, 0.1) is 20.3 Å². The molecule has 23 heavy (non-hydrogen) atoms. The lowest BCUT2D eigenvalue weighted by Crippen LogP contribution is -2.56.